The Hall–Kier alpha value is -2.46. The first kappa shape index (κ1) is 17.0. The second-order valence-corrected chi connectivity index (χ2v) is 7.31. The zero-order chi connectivity index (χ0) is 18.1. The first-order valence-electron chi connectivity index (χ1n) is 9.48. The maximum Gasteiger partial charge on any atom is 0.258 e. The van der Waals surface area contributed by atoms with Crippen LogP contribution in [0.4, 0.5) is 0 Å². The molecule has 2 N–H and O–H groups in total. The second kappa shape index (κ2) is 7.04. The van der Waals surface area contributed by atoms with E-state index in [1.807, 2.05) is 25.1 Å². The van der Waals surface area contributed by atoms with Crippen LogP contribution in [0.1, 0.15) is 61.3 Å². The highest BCUT2D eigenvalue weighted by Crippen LogP contribution is 2.26. The van der Waals surface area contributed by atoms with Crippen LogP contribution in [-0.4, -0.2) is 9.97 Å². The number of aromatic nitrogens is 2. The van der Waals surface area contributed by atoms with Crippen molar-refractivity contribution in [3.8, 4) is 0 Å². The smallest absolute Gasteiger partial charge is 0.258 e. The van der Waals surface area contributed by atoms with E-state index in [0.717, 1.165) is 5.52 Å². The average Bonchev–Trinajstić information content (AvgIpc) is 2.67. The summed E-state index contributed by atoms with van der Waals surface area (Å²) in [7, 11) is 0. The summed E-state index contributed by atoms with van der Waals surface area (Å²) >= 11 is 0. The summed E-state index contributed by atoms with van der Waals surface area (Å²) in [6, 6.07) is 14.5. The zero-order valence-corrected chi connectivity index (χ0v) is 15.4. The third-order valence-corrected chi connectivity index (χ3v) is 5.41. The number of hydrogen-bond acceptors (Lipinski definition) is 3. The molecule has 0 saturated carbocycles. The Balaban J connectivity index is 1.56. The fraction of sp³-hybridized carbons (Fsp3) is 0.364. The number of H-pyrrole nitrogens is 1. The number of hydrogen-bond donors (Lipinski definition) is 2. The fourth-order valence-electron chi connectivity index (χ4n) is 3.88. The Morgan fingerprint density at radius 1 is 1.00 bits per heavy atom. The zero-order valence-electron chi connectivity index (χ0n) is 15.4. The Kier molecular flexibility index (Phi) is 4.60. The normalized spacial score (nSPS) is 16.2. The van der Waals surface area contributed by atoms with Gasteiger partial charge in [-0.25, -0.2) is 4.98 Å². The van der Waals surface area contributed by atoms with Crippen LogP contribution in [0.2, 0.25) is 0 Å². The number of benzene rings is 2. The predicted molar refractivity (Wildman–Crippen MR) is 105 cm³/mol. The molecule has 1 aromatic heterocycles. The largest absolute Gasteiger partial charge is 0.309 e. The number of para-hydroxylation sites is 1. The van der Waals surface area contributed by atoms with Crippen molar-refractivity contribution in [2.45, 2.75) is 51.6 Å². The number of aromatic amines is 1. The second-order valence-electron chi connectivity index (χ2n) is 7.31. The molecule has 3 aromatic rings. The minimum atomic E-state index is -0.0827. The van der Waals surface area contributed by atoms with Crippen molar-refractivity contribution in [3.05, 3.63) is 75.3 Å². The molecule has 1 heterocycles. The van der Waals surface area contributed by atoms with Crippen molar-refractivity contribution < 1.29 is 0 Å². The lowest BCUT2D eigenvalue weighted by Crippen LogP contribution is -2.26. The molecule has 4 nitrogen and oxygen atoms in total. The average molecular weight is 347 g/mol. The number of fused-ring (bicyclic) bond motifs is 2. The number of nitrogens with zero attached hydrogens (tertiary/aromatic N) is 1. The van der Waals surface area contributed by atoms with E-state index < -0.39 is 0 Å². The molecular formula is C22H25N3O. The molecule has 134 valence electrons. The van der Waals surface area contributed by atoms with Crippen LogP contribution in [0.5, 0.6) is 0 Å². The molecule has 2 aromatic carbocycles. The first-order valence-corrected chi connectivity index (χ1v) is 9.48. The molecule has 26 heavy (non-hydrogen) atoms. The predicted octanol–water partition coefficient (Wildman–Crippen LogP) is 4.21. The van der Waals surface area contributed by atoms with Gasteiger partial charge in [0.25, 0.3) is 5.56 Å². The summed E-state index contributed by atoms with van der Waals surface area (Å²) in [6.45, 7) is 4.21. The highest BCUT2D eigenvalue weighted by Gasteiger charge is 2.16. The first-order chi connectivity index (χ1) is 12.6. The van der Waals surface area contributed by atoms with Crippen molar-refractivity contribution in [1.29, 1.82) is 0 Å². The van der Waals surface area contributed by atoms with Crippen molar-refractivity contribution in [1.82, 2.24) is 15.3 Å². The van der Waals surface area contributed by atoms with Crippen LogP contribution in [0, 0.1) is 0 Å². The lowest BCUT2D eigenvalue weighted by Gasteiger charge is -2.22. The van der Waals surface area contributed by atoms with Gasteiger partial charge in [-0.2, -0.15) is 0 Å². The third-order valence-electron chi connectivity index (χ3n) is 5.41. The molecule has 1 aliphatic rings. The van der Waals surface area contributed by atoms with Crippen LogP contribution in [0.25, 0.3) is 10.9 Å². The molecule has 0 amide bonds. The van der Waals surface area contributed by atoms with Crippen LogP contribution < -0.4 is 10.9 Å². The van der Waals surface area contributed by atoms with E-state index in [2.05, 4.69) is 40.4 Å². The summed E-state index contributed by atoms with van der Waals surface area (Å²) in [4.78, 5) is 19.9. The number of aryl methyl sites for hydroxylation is 2. The highest BCUT2D eigenvalue weighted by atomic mass is 16.1. The van der Waals surface area contributed by atoms with Crippen LogP contribution in [0.15, 0.2) is 47.3 Å². The quantitative estimate of drug-likeness (QED) is 0.743. The van der Waals surface area contributed by atoms with Gasteiger partial charge in [0.2, 0.25) is 0 Å². The van der Waals surface area contributed by atoms with E-state index in [4.69, 9.17) is 0 Å². The van der Waals surface area contributed by atoms with Gasteiger partial charge in [0.05, 0.1) is 16.9 Å². The van der Waals surface area contributed by atoms with Crippen molar-refractivity contribution in [2.75, 3.05) is 0 Å². The fourth-order valence-corrected chi connectivity index (χ4v) is 3.88. The van der Waals surface area contributed by atoms with Gasteiger partial charge in [0.15, 0.2) is 0 Å². The van der Waals surface area contributed by atoms with Gasteiger partial charge in [-0.1, -0.05) is 30.3 Å². The molecule has 0 unspecified atom stereocenters. The van der Waals surface area contributed by atoms with Crippen molar-refractivity contribution in [3.63, 3.8) is 0 Å². The lowest BCUT2D eigenvalue weighted by molar-refractivity contribution is 0.476. The SMILES string of the molecule is C[C@H](N[C@@H](C)c1nc2ccccc2c(=O)[nH]1)c1ccc2c(c1)CCCC2. The Morgan fingerprint density at radius 2 is 1.77 bits per heavy atom. The van der Waals surface area contributed by atoms with E-state index in [-0.39, 0.29) is 17.6 Å². The standard InChI is InChI=1S/C22H25N3O/c1-14(17-12-11-16-7-3-4-8-18(16)13-17)23-15(2)21-24-20-10-6-5-9-19(20)22(26)25-21/h5-6,9-15,23H,3-4,7-8H2,1-2H3,(H,24,25,26)/t14-,15-/m0/s1. The molecule has 0 bridgehead atoms. The summed E-state index contributed by atoms with van der Waals surface area (Å²) < 4.78 is 0. The van der Waals surface area contributed by atoms with Gasteiger partial charge in [-0.3, -0.25) is 4.79 Å². The van der Waals surface area contributed by atoms with Gasteiger partial charge in [-0.05, 0) is 68.4 Å². The molecule has 2 atom stereocenters. The van der Waals surface area contributed by atoms with E-state index >= 15 is 0 Å². The molecule has 4 rings (SSSR count). The van der Waals surface area contributed by atoms with Gasteiger partial charge < -0.3 is 10.3 Å². The summed E-state index contributed by atoms with van der Waals surface area (Å²) in [5.41, 5.74) is 4.94. The topological polar surface area (TPSA) is 57.8 Å². The Labute approximate surface area is 153 Å². The minimum absolute atomic E-state index is 0.0432. The molecule has 0 spiro atoms. The maximum atomic E-state index is 12.3. The molecule has 1 aliphatic carbocycles. The molecule has 0 saturated heterocycles. The van der Waals surface area contributed by atoms with E-state index in [9.17, 15) is 4.79 Å². The maximum absolute atomic E-state index is 12.3. The van der Waals surface area contributed by atoms with Gasteiger partial charge >= 0.3 is 0 Å². The van der Waals surface area contributed by atoms with Gasteiger partial charge in [0.1, 0.15) is 5.82 Å². The summed E-state index contributed by atoms with van der Waals surface area (Å²) in [5.74, 6) is 0.679. The highest BCUT2D eigenvalue weighted by molar-refractivity contribution is 5.77. The van der Waals surface area contributed by atoms with E-state index in [1.165, 1.54) is 42.4 Å². The van der Waals surface area contributed by atoms with E-state index in [0.29, 0.717) is 11.2 Å². The van der Waals surface area contributed by atoms with Gasteiger partial charge in [0, 0.05) is 6.04 Å². The van der Waals surface area contributed by atoms with Gasteiger partial charge in [-0.15, -0.1) is 0 Å². The van der Waals surface area contributed by atoms with Crippen molar-refractivity contribution in [2.24, 2.45) is 0 Å². The molecular weight excluding hydrogens is 322 g/mol. The molecule has 0 aliphatic heterocycles. The van der Waals surface area contributed by atoms with Crippen LogP contribution in [0.3, 0.4) is 0 Å². The number of nitrogens with one attached hydrogen (secondary N) is 2. The third kappa shape index (κ3) is 3.29. The Bertz CT molecular complexity index is 992. The molecule has 4 heteroatoms. The number of rotatable bonds is 4. The lowest BCUT2D eigenvalue weighted by atomic mass is 9.89. The molecule has 0 fully saturated rings. The van der Waals surface area contributed by atoms with Crippen LogP contribution in [-0.2, 0) is 12.8 Å². The Morgan fingerprint density at radius 3 is 2.62 bits per heavy atom. The van der Waals surface area contributed by atoms with E-state index in [1.54, 1.807) is 6.07 Å². The monoisotopic (exact) mass is 347 g/mol. The van der Waals surface area contributed by atoms with Crippen molar-refractivity contribution >= 4 is 10.9 Å². The summed E-state index contributed by atoms with van der Waals surface area (Å²) in [6.07, 6.45) is 4.98. The van der Waals surface area contributed by atoms with Crippen LogP contribution >= 0.6 is 0 Å². The minimum Gasteiger partial charge on any atom is -0.309 e. The molecule has 0 radical (unpaired) electrons. The summed E-state index contributed by atoms with van der Waals surface area (Å²) in [5, 5.41) is 4.21.